The predicted octanol–water partition coefficient (Wildman–Crippen LogP) is 2.94. The van der Waals surface area contributed by atoms with E-state index in [0.717, 1.165) is 18.2 Å². The Bertz CT molecular complexity index is 1230. The average Bonchev–Trinajstić information content (AvgIpc) is 3.38. The highest BCUT2D eigenvalue weighted by molar-refractivity contribution is 5.95. The van der Waals surface area contributed by atoms with Gasteiger partial charge < -0.3 is 24.1 Å². The highest BCUT2D eigenvalue weighted by Gasteiger charge is 2.38. The Labute approximate surface area is 189 Å². The monoisotopic (exact) mass is 456 g/mol. The molecule has 1 amide bonds. The topological polar surface area (TPSA) is 116 Å². The van der Waals surface area contributed by atoms with E-state index in [2.05, 4.69) is 32.2 Å². The summed E-state index contributed by atoms with van der Waals surface area (Å²) < 4.78 is 28.8. The summed E-state index contributed by atoms with van der Waals surface area (Å²) >= 11 is 0. The molecule has 11 heteroatoms. The van der Waals surface area contributed by atoms with Crippen molar-refractivity contribution in [3.63, 3.8) is 0 Å². The summed E-state index contributed by atoms with van der Waals surface area (Å²) in [5.41, 5.74) is 1.63. The van der Waals surface area contributed by atoms with Gasteiger partial charge in [-0.05, 0) is 39.2 Å². The number of methoxy groups -OCH3 is 1. The molecule has 0 saturated heterocycles. The van der Waals surface area contributed by atoms with E-state index in [1.807, 2.05) is 13.0 Å². The average molecular weight is 456 g/mol. The summed E-state index contributed by atoms with van der Waals surface area (Å²) in [6, 6.07) is 1.87. The van der Waals surface area contributed by atoms with Gasteiger partial charge in [0.2, 0.25) is 24.3 Å². The molecule has 0 spiro atoms. The van der Waals surface area contributed by atoms with Crippen molar-refractivity contribution in [2.24, 2.45) is 0 Å². The molecular weight excluding hydrogens is 431 g/mol. The first-order chi connectivity index (χ1) is 15.9. The van der Waals surface area contributed by atoms with Crippen LogP contribution in [0.25, 0.3) is 11.1 Å². The molecule has 1 N–H and O–H groups in total. The van der Waals surface area contributed by atoms with Crippen molar-refractivity contribution < 1.29 is 23.1 Å². The molecule has 1 aliphatic carbocycles. The van der Waals surface area contributed by atoms with Gasteiger partial charge in [0.15, 0.2) is 5.82 Å². The van der Waals surface area contributed by atoms with E-state index in [-0.39, 0.29) is 36.3 Å². The largest absolute Gasteiger partial charge is 0.446 e. The molecule has 174 valence electrons. The van der Waals surface area contributed by atoms with Crippen LogP contribution in [-0.2, 0) is 24.3 Å². The van der Waals surface area contributed by atoms with Gasteiger partial charge in [-0.3, -0.25) is 4.79 Å². The van der Waals surface area contributed by atoms with Crippen LogP contribution in [0.1, 0.15) is 53.2 Å². The van der Waals surface area contributed by atoms with Crippen LogP contribution < -0.4 is 10.1 Å². The van der Waals surface area contributed by atoms with E-state index in [0.29, 0.717) is 47.3 Å². The van der Waals surface area contributed by atoms with E-state index in [9.17, 15) is 9.18 Å². The van der Waals surface area contributed by atoms with Crippen LogP contribution in [0.15, 0.2) is 10.5 Å². The number of nitrogens with zero attached hydrogens (tertiary/aromatic N) is 5. The minimum absolute atomic E-state index is 0.0294. The molecule has 1 saturated carbocycles. The molecule has 1 fully saturated rings. The molecule has 4 heterocycles. The lowest BCUT2D eigenvalue weighted by molar-refractivity contribution is 0.0715. The number of nitrogens with one attached hydrogen (secondary N) is 1. The fourth-order valence-electron chi connectivity index (χ4n) is 3.96. The van der Waals surface area contributed by atoms with Crippen LogP contribution in [0, 0.1) is 6.92 Å². The third-order valence-electron chi connectivity index (χ3n) is 5.95. The van der Waals surface area contributed by atoms with Gasteiger partial charge in [0.05, 0.1) is 17.6 Å². The molecule has 0 atom stereocenters. The van der Waals surface area contributed by atoms with E-state index < -0.39 is 6.86 Å². The zero-order valence-corrected chi connectivity index (χ0v) is 18.8. The lowest BCUT2D eigenvalue weighted by Crippen LogP contribution is -2.38. The molecule has 0 unspecified atom stereocenters. The maximum atomic E-state index is 13.4. The number of alkyl halides is 1. The predicted molar refractivity (Wildman–Crippen MR) is 116 cm³/mol. The molecule has 0 radical (unpaired) electrons. The zero-order chi connectivity index (χ0) is 23.2. The van der Waals surface area contributed by atoms with Crippen LogP contribution in [0.3, 0.4) is 0 Å². The Kier molecular flexibility index (Phi) is 5.35. The van der Waals surface area contributed by atoms with Crippen molar-refractivity contribution in [1.29, 1.82) is 0 Å². The molecule has 10 nitrogen and oxygen atoms in total. The number of carbonyl (C=O) groups excluding carboxylic acids is 1. The van der Waals surface area contributed by atoms with Gasteiger partial charge in [0.25, 0.3) is 5.91 Å². The van der Waals surface area contributed by atoms with Gasteiger partial charge in [-0.15, -0.1) is 0 Å². The standard InChI is InChI=1S/C22H25FN6O4/c1-12-8-14-17(28-22(2)5-6-22)26-18(27-20(14)33-12)21(30)29-7-4-13-15(9-29)24-16(10-31-3)25-19(13)32-11-23/h8H,4-7,9-11H2,1-3H3,(H,26,27,28). The summed E-state index contributed by atoms with van der Waals surface area (Å²) in [5.74, 6) is 1.57. The van der Waals surface area contributed by atoms with E-state index in [1.165, 1.54) is 7.11 Å². The molecule has 5 rings (SSSR count). The summed E-state index contributed by atoms with van der Waals surface area (Å²) in [5, 5.41) is 4.19. The van der Waals surface area contributed by atoms with Crippen molar-refractivity contribution in [3.8, 4) is 5.88 Å². The van der Waals surface area contributed by atoms with E-state index in [1.54, 1.807) is 4.90 Å². The molecule has 0 bridgehead atoms. The van der Waals surface area contributed by atoms with Crippen LogP contribution in [0.4, 0.5) is 10.2 Å². The SMILES string of the molecule is COCc1nc2c(c(OCF)n1)CCN(C(=O)c1nc(NC3(C)CC3)c3cc(C)oc3n1)C2. The Morgan fingerprint density at radius 2 is 2.12 bits per heavy atom. The first kappa shape index (κ1) is 21.5. The quantitative estimate of drug-likeness (QED) is 0.573. The van der Waals surface area contributed by atoms with Crippen molar-refractivity contribution in [2.75, 3.05) is 25.8 Å². The van der Waals surface area contributed by atoms with Gasteiger partial charge in [0.1, 0.15) is 18.2 Å². The number of rotatable bonds is 7. The van der Waals surface area contributed by atoms with Gasteiger partial charge in [-0.2, -0.15) is 9.97 Å². The molecule has 3 aromatic heterocycles. The number of carbonyl (C=O) groups is 1. The minimum atomic E-state index is -0.996. The Balaban J connectivity index is 1.46. The number of hydrogen-bond acceptors (Lipinski definition) is 9. The van der Waals surface area contributed by atoms with Gasteiger partial charge in [-0.1, -0.05) is 0 Å². The number of ether oxygens (including phenoxy) is 2. The number of hydrogen-bond donors (Lipinski definition) is 1. The molecule has 2 aliphatic rings. The maximum absolute atomic E-state index is 13.4. The van der Waals surface area contributed by atoms with Crippen molar-refractivity contribution in [2.45, 2.75) is 51.8 Å². The van der Waals surface area contributed by atoms with Crippen LogP contribution >= 0.6 is 0 Å². The maximum Gasteiger partial charge on any atom is 0.292 e. The Morgan fingerprint density at radius 1 is 1.30 bits per heavy atom. The van der Waals surface area contributed by atoms with Crippen molar-refractivity contribution >= 4 is 22.8 Å². The minimum Gasteiger partial charge on any atom is -0.446 e. The molecule has 33 heavy (non-hydrogen) atoms. The third-order valence-corrected chi connectivity index (χ3v) is 5.95. The van der Waals surface area contributed by atoms with Crippen molar-refractivity contribution in [1.82, 2.24) is 24.8 Å². The van der Waals surface area contributed by atoms with Crippen molar-refractivity contribution in [3.05, 3.63) is 34.7 Å². The number of aryl methyl sites for hydroxylation is 1. The molecular formula is C22H25FN6O4. The second-order valence-electron chi connectivity index (χ2n) is 8.69. The summed E-state index contributed by atoms with van der Waals surface area (Å²) in [6.45, 7) is 3.68. The lowest BCUT2D eigenvalue weighted by atomic mass is 10.1. The van der Waals surface area contributed by atoms with Gasteiger partial charge in [-0.25, -0.2) is 14.4 Å². The number of halogens is 1. The summed E-state index contributed by atoms with van der Waals surface area (Å²) in [6.07, 6.45) is 2.50. The molecule has 0 aromatic carbocycles. The van der Waals surface area contributed by atoms with Crippen LogP contribution in [0.5, 0.6) is 5.88 Å². The Hall–Kier alpha value is -3.34. The van der Waals surface area contributed by atoms with Crippen LogP contribution in [0.2, 0.25) is 0 Å². The summed E-state index contributed by atoms with van der Waals surface area (Å²) in [7, 11) is 1.52. The molecule has 1 aliphatic heterocycles. The third kappa shape index (κ3) is 4.20. The Morgan fingerprint density at radius 3 is 2.85 bits per heavy atom. The lowest BCUT2D eigenvalue weighted by Gasteiger charge is -2.28. The second kappa shape index (κ2) is 8.22. The van der Waals surface area contributed by atoms with Gasteiger partial charge in [0, 0.05) is 24.8 Å². The highest BCUT2D eigenvalue weighted by Crippen LogP contribution is 2.39. The zero-order valence-electron chi connectivity index (χ0n) is 18.8. The normalized spacial score (nSPS) is 16.5. The number of anilines is 1. The smallest absolute Gasteiger partial charge is 0.292 e. The highest BCUT2D eigenvalue weighted by atomic mass is 19.1. The summed E-state index contributed by atoms with van der Waals surface area (Å²) in [4.78, 5) is 32.7. The first-order valence-electron chi connectivity index (χ1n) is 10.8. The molecule has 3 aromatic rings. The van der Waals surface area contributed by atoms with E-state index in [4.69, 9.17) is 13.9 Å². The van der Waals surface area contributed by atoms with Crippen LogP contribution in [-0.4, -0.2) is 56.8 Å². The second-order valence-corrected chi connectivity index (χ2v) is 8.69. The number of amides is 1. The fraction of sp³-hybridized carbons (Fsp3) is 0.500. The number of fused-ring (bicyclic) bond motifs is 2. The number of aromatic nitrogens is 4. The number of furan rings is 1. The fourth-order valence-corrected chi connectivity index (χ4v) is 3.96. The van der Waals surface area contributed by atoms with Gasteiger partial charge >= 0.3 is 0 Å². The van der Waals surface area contributed by atoms with E-state index >= 15 is 0 Å². The first-order valence-corrected chi connectivity index (χ1v) is 10.8.